The average molecular weight is 1230 g/mol. The van der Waals surface area contributed by atoms with Crippen molar-refractivity contribution in [2.75, 3.05) is 39.6 Å². The second-order valence-corrected chi connectivity index (χ2v) is 26.8. The zero-order valence-corrected chi connectivity index (χ0v) is 55.3. The molecular formula is C64H124O17P2. The van der Waals surface area contributed by atoms with Crippen LogP contribution in [0.4, 0.5) is 0 Å². The van der Waals surface area contributed by atoms with Gasteiger partial charge in [-0.1, -0.05) is 266 Å². The van der Waals surface area contributed by atoms with E-state index in [9.17, 15) is 43.2 Å². The highest BCUT2D eigenvalue weighted by Gasteiger charge is 2.30. The molecule has 0 amide bonds. The van der Waals surface area contributed by atoms with Crippen LogP contribution in [0.1, 0.15) is 318 Å². The van der Waals surface area contributed by atoms with Crippen LogP contribution in [-0.4, -0.2) is 96.7 Å². The van der Waals surface area contributed by atoms with Crippen molar-refractivity contribution in [3.05, 3.63) is 0 Å². The summed E-state index contributed by atoms with van der Waals surface area (Å²) in [6, 6.07) is 0. The van der Waals surface area contributed by atoms with Gasteiger partial charge in [0.25, 0.3) is 0 Å². The van der Waals surface area contributed by atoms with Crippen molar-refractivity contribution in [2.45, 2.75) is 336 Å². The van der Waals surface area contributed by atoms with Gasteiger partial charge < -0.3 is 33.8 Å². The molecule has 0 aromatic heterocycles. The van der Waals surface area contributed by atoms with Crippen molar-refractivity contribution >= 4 is 39.5 Å². The maximum absolute atomic E-state index is 13.0. The van der Waals surface area contributed by atoms with Crippen LogP contribution in [0, 0.1) is 11.8 Å². The number of aliphatic hydroxyl groups excluding tert-OH is 1. The zero-order valence-electron chi connectivity index (χ0n) is 53.5. The highest BCUT2D eigenvalue weighted by atomic mass is 31.2. The lowest BCUT2D eigenvalue weighted by Crippen LogP contribution is -2.30. The van der Waals surface area contributed by atoms with E-state index >= 15 is 0 Å². The Balaban J connectivity index is 5.18. The summed E-state index contributed by atoms with van der Waals surface area (Å²) in [6.45, 7) is 9.35. The molecule has 6 atom stereocenters. The fourth-order valence-electron chi connectivity index (χ4n) is 9.50. The number of phosphoric ester groups is 2. The van der Waals surface area contributed by atoms with E-state index in [-0.39, 0.29) is 25.7 Å². The number of aliphatic hydroxyl groups is 1. The van der Waals surface area contributed by atoms with E-state index in [1.807, 2.05) is 0 Å². The molecule has 0 aliphatic rings. The molecule has 492 valence electrons. The second-order valence-electron chi connectivity index (χ2n) is 23.9. The Kier molecular flexibility index (Phi) is 55.2. The van der Waals surface area contributed by atoms with Crippen LogP contribution in [0.25, 0.3) is 0 Å². The summed E-state index contributed by atoms with van der Waals surface area (Å²) in [6.07, 6.45) is 39.4. The van der Waals surface area contributed by atoms with Crippen LogP contribution < -0.4 is 0 Å². The molecule has 19 heteroatoms. The summed E-state index contributed by atoms with van der Waals surface area (Å²) >= 11 is 0. The summed E-state index contributed by atoms with van der Waals surface area (Å²) in [4.78, 5) is 72.0. The van der Waals surface area contributed by atoms with Gasteiger partial charge in [-0.05, 0) is 37.5 Å². The monoisotopic (exact) mass is 1230 g/mol. The summed E-state index contributed by atoms with van der Waals surface area (Å²) in [7, 11) is -9.88. The minimum absolute atomic E-state index is 0.101. The number of esters is 4. The Morgan fingerprint density at radius 3 is 0.916 bits per heavy atom. The van der Waals surface area contributed by atoms with E-state index in [1.54, 1.807) is 0 Å². The maximum Gasteiger partial charge on any atom is 0.472 e. The Bertz CT molecular complexity index is 1630. The van der Waals surface area contributed by atoms with Gasteiger partial charge in [0, 0.05) is 25.7 Å². The van der Waals surface area contributed by atoms with Crippen molar-refractivity contribution in [3.63, 3.8) is 0 Å². The molecule has 0 aliphatic carbocycles. The van der Waals surface area contributed by atoms with Crippen LogP contribution in [0.3, 0.4) is 0 Å². The van der Waals surface area contributed by atoms with Gasteiger partial charge in [0.1, 0.15) is 19.3 Å². The van der Waals surface area contributed by atoms with E-state index in [4.69, 9.17) is 37.0 Å². The molecule has 0 bridgehead atoms. The summed E-state index contributed by atoms with van der Waals surface area (Å²) in [5.41, 5.74) is 0. The smallest absolute Gasteiger partial charge is 0.462 e. The molecule has 0 spiro atoms. The number of unbranched alkanes of at least 4 members (excludes halogenated alkanes) is 32. The maximum atomic E-state index is 13.0. The van der Waals surface area contributed by atoms with Crippen LogP contribution in [0.15, 0.2) is 0 Å². The second kappa shape index (κ2) is 56.6. The topological polar surface area (TPSA) is 237 Å². The number of carbonyl (C=O) groups excluding carboxylic acids is 4. The Hall–Kier alpha value is -1.94. The first-order chi connectivity index (χ1) is 39.9. The van der Waals surface area contributed by atoms with Gasteiger partial charge in [0.05, 0.1) is 26.4 Å². The number of rotatable bonds is 63. The summed E-state index contributed by atoms with van der Waals surface area (Å²) in [5.74, 6) is -0.668. The van der Waals surface area contributed by atoms with Gasteiger partial charge in [-0.15, -0.1) is 0 Å². The molecule has 0 rings (SSSR count). The molecular weight excluding hydrogens is 1100 g/mol. The average Bonchev–Trinajstić information content (AvgIpc) is 3.46. The van der Waals surface area contributed by atoms with Crippen molar-refractivity contribution in [3.8, 4) is 0 Å². The lowest BCUT2D eigenvalue weighted by Gasteiger charge is -2.21. The van der Waals surface area contributed by atoms with Crippen molar-refractivity contribution in [1.82, 2.24) is 0 Å². The molecule has 0 aliphatic heterocycles. The lowest BCUT2D eigenvalue weighted by atomic mass is 9.99. The molecule has 17 nitrogen and oxygen atoms in total. The van der Waals surface area contributed by atoms with Crippen LogP contribution >= 0.6 is 15.6 Å². The number of ether oxygens (including phenoxy) is 4. The minimum Gasteiger partial charge on any atom is -0.462 e. The predicted molar refractivity (Wildman–Crippen MR) is 331 cm³/mol. The normalized spacial score (nSPS) is 14.6. The van der Waals surface area contributed by atoms with Gasteiger partial charge in [-0.2, -0.15) is 0 Å². The van der Waals surface area contributed by atoms with Gasteiger partial charge >= 0.3 is 39.5 Å². The standard InChI is InChI=1S/C64H124O17P2/c1-7-10-12-14-15-16-17-18-19-20-21-26-29-36-42-48-63(68)80-60(53-75-62(67)47-41-35-28-25-23-22-24-27-34-39-45-57(6)9-3)55-79-83(72,73)77-51-58(65)50-76-82(70,71)78-54-59(52-74-61(66)46-40-32-13-11-8-2)81-64(69)49-43-37-31-30-33-38-44-56(4)5/h56-60,65H,7-55H2,1-6H3,(H,70,71)(H,72,73)/t57?,58-,59+,60+/m0/s1. The highest BCUT2D eigenvalue weighted by Crippen LogP contribution is 2.45. The van der Waals surface area contributed by atoms with Crippen LogP contribution in [-0.2, 0) is 65.4 Å². The predicted octanol–water partition coefficient (Wildman–Crippen LogP) is 17.7. The molecule has 0 aromatic rings. The lowest BCUT2D eigenvalue weighted by molar-refractivity contribution is -0.161. The Morgan fingerprint density at radius 1 is 0.349 bits per heavy atom. The van der Waals surface area contributed by atoms with Gasteiger partial charge in [0.2, 0.25) is 0 Å². The molecule has 0 fully saturated rings. The SMILES string of the molecule is CCCCCCCCCCCCCCCCCC(=O)O[C@H](COC(=O)CCCCCCCCCCCCC(C)CC)COP(=O)(O)OC[C@@H](O)COP(=O)(O)OC[C@@H](COC(=O)CCCCCCC)OC(=O)CCCCCCCCC(C)C. The van der Waals surface area contributed by atoms with Gasteiger partial charge in [-0.3, -0.25) is 37.3 Å². The Labute approximate surface area is 505 Å². The number of carbonyl (C=O) groups is 4. The van der Waals surface area contributed by atoms with E-state index < -0.39 is 97.5 Å². The fraction of sp³-hybridized carbons (Fsp3) is 0.938. The van der Waals surface area contributed by atoms with Gasteiger partial charge in [-0.25, -0.2) is 9.13 Å². The van der Waals surface area contributed by atoms with Crippen LogP contribution in [0.2, 0.25) is 0 Å². The van der Waals surface area contributed by atoms with E-state index in [2.05, 4.69) is 41.5 Å². The molecule has 0 saturated heterocycles. The molecule has 0 heterocycles. The van der Waals surface area contributed by atoms with Crippen molar-refractivity contribution in [1.29, 1.82) is 0 Å². The number of phosphoric acid groups is 2. The molecule has 3 N–H and O–H groups in total. The first-order valence-electron chi connectivity index (χ1n) is 33.5. The molecule has 83 heavy (non-hydrogen) atoms. The molecule has 3 unspecified atom stereocenters. The highest BCUT2D eigenvalue weighted by molar-refractivity contribution is 7.47. The van der Waals surface area contributed by atoms with Gasteiger partial charge in [0.15, 0.2) is 12.2 Å². The minimum atomic E-state index is -4.94. The van der Waals surface area contributed by atoms with E-state index in [0.717, 1.165) is 102 Å². The largest absolute Gasteiger partial charge is 0.472 e. The first-order valence-corrected chi connectivity index (χ1v) is 36.5. The third-order valence-corrected chi connectivity index (χ3v) is 17.0. The number of hydrogen-bond donors (Lipinski definition) is 3. The number of hydrogen-bond acceptors (Lipinski definition) is 15. The molecule has 0 saturated carbocycles. The fourth-order valence-corrected chi connectivity index (χ4v) is 11.1. The zero-order chi connectivity index (χ0) is 61.5. The first kappa shape index (κ1) is 81.1. The van der Waals surface area contributed by atoms with E-state index in [1.165, 1.54) is 128 Å². The third-order valence-electron chi connectivity index (χ3n) is 15.1. The van der Waals surface area contributed by atoms with Crippen molar-refractivity contribution < 1.29 is 80.2 Å². The van der Waals surface area contributed by atoms with Crippen molar-refractivity contribution in [2.24, 2.45) is 11.8 Å². The molecule has 0 aromatic carbocycles. The summed E-state index contributed by atoms with van der Waals surface area (Å²) in [5, 5.41) is 10.5. The summed E-state index contributed by atoms with van der Waals surface area (Å²) < 4.78 is 67.8. The Morgan fingerprint density at radius 2 is 0.614 bits per heavy atom. The quantitative estimate of drug-likeness (QED) is 0.0222. The third kappa shape index (κ3) is 57.6. The van der Waals surface area contributed by atoms with Crippen LogP contribution in [0.5, 0.6) is 0 Å². The van der Waals surface area contributed by atoms with E-state index in [0.29, 0.717) is 31.6 Å². The molecule has 0 radical (unpaired) electrons.